The molecule has 2 N–H and O–H groups in total. The summed E-state index contributed by atoms with van der Waals surface area (Å²) in [4.78, 5) is 0. The molecule has 1 atom stereocenters. The Labute approximate surface area is 228 Å². The van der Waals surface area contributed by atoms with Crippen molar-refractivity contribution in [2.24, 2.45) is 5.73 Å². The maximum Gasteiger partial charge on any atom is 0.0930 e. The largest absolute Gasteiger partial charge is 0.379 e. The monoisotopic (exact) mass is 512 g/mol. The van der Waals surface area contributed by atoms with Crippen LogP contribution < -0.4 is 5.73 Å². The van der Waals surface area contributed by atoms with E-state index in [2.05, 4.69) is 13.8 Å². The van der Waals surface area contributed by atoms with Gasteiger partial charge in [0.25, 0.3) is 0 Å². The van der Waals surface area contributed by atoms with Crippen LogP contribution in [-0.4, -0.2) is 32.5 Å². The van der Waals surface area contributed by atoms with E-state index in [-0.39, 0.29) is 6.10 Å². The van der Waals surface area contributed by atoms with Gasteiger partial charge in [-0.1, -0.05) is 168 Å². The maximum absolute atomic E-state index is 5.96. The third-order valence-corrected chi connectivity index (χ3v) is 7.56. The molecule has 0 fully saturated rings. The summed E-state index contributed by atoms with van der Waals surface area (Å²) < 4.78 is 11.8. The van der Waals surface area contributed by atoms with E-state index in [4.69, 9.17) is 15.2 Å². The van der Waals surface area contributed by atoms with Crippen molar-refractivity contribution in [2.75, 3.05) is 26.4 Å². The quantitative estimate of drug-likeness (QED) is 0.0913. The molecular weight excluding hydrogens is 442 g/mol. The van der Waals surface area contributed by atoms with Crippen LogP contribution in [0.4, 0.5) is 0 Å². The minimum atomic E-state index is 0.0734. The van der Waals surface area contributed by atoms with Gasteiger partial charge < -0.3 is 15.2 Å². The highest BCUT2D eigenvalue weighted by Crippen LogP contribution is 2.14. The molecule has 0 aliphatic rings. The summed E-state index contributed by atoms with van der Waals surface area (Å²) in [7, 11) is 0. The van der Waals surface area contributed by atoms with Crippen molar-refractivity contribution in [1.82, 2.24) is 0 Å². The molecule has 0 spiro atoms. The molecule has 3 nitrogen and oxygen atoms in total. The van der Waals surface area contributed by atoms with Gasteiger partial charge in [-0.15, -0.1) is 0 Å². The third-order valence-electron chi connectivity index (χ3n) is 7.56. The van der Waals surface area contributed by atoms with Gasteiger partial charge in [-0.25, -0.2) is 0 Å². The molecule has 0 aromatic rings. The average Bonchev–Trinajstić information content (AvgIpc) is 2.89. The normalized spacial score (nSPS) is 12.4. The Kier molecular flexibility index (Phi) is 32.8. The molecule has 0 amide bonds. The number of rotatable bonds is 32. The second kappa shape index (κ2) is 32.9. The lowest BCUT2D eigenvalue weighted by Crippen LogP contribution is -2.29. The molecule has 1 unspecified atom stereocenters. The Morgan fingerprint density at radius 2 is 0.722 bits per heavy atom. The fourth-order valence-electron chi connectivity index (χ4n) is 4.99. The van der Waals surface area contributed by atoms with E-state index >= 15 is 0 Å². The molecule has 0 aromatic heterocycles. The Balaban J connectivity index is 3.25. The summed E-state index contributed by atoms with van der Waals surface area (Å²) in [5.41, 5.74) is 5.88. The first-order valence-corrected chi connectivity index (χ1v) is 16.7. The van der Waals surface area contributed by atoms with Crippen molar-refractivity contribution in [3.05, 3.63) is 0 Å². The minimum absolute atomic E-state index is 0.0734. The zero-order valence-corrected chi connectivity index (χ0v) is 25.2. The first-order chi connectivity index (χ1) is 17.8. The summed E-state index contributed by atoms with van der Waals surface area (Å²) in [5, 5.41) is 0. The van der Waals surface area contributed by atoms with Crippen LogP contribution in [0.2, 0.25) is 0 Å². The zero-order valence-electron chi connectivity index (χ0n) is 25.2. The van der Waals surface area contributed by atoms with Gasteiger partial charge in [0, 0.05) is 19.8 Å². The van der Waals surface area contributed by atoms with E-state index in [1.54, 1.807) is 0 Å². The minimum Gasteiger partial charge on any atom is -0.379 e. The van der Waals surface area contributed by atoms with Crippen LogP contribution in [0.25, 0.3) is 0 Å². The molecule has 0 aliphatic heterocycles. The molecule has 0 aromatic carbocycles. The topological polar surface area (TPSA) is 44.5 Å². The van der Waals surface area contributed by atoms with Gasteiger partial charge in [0.1, 0.15) is 0 Å². The van der Waals surface area contributed by atoms with Gasteiger partial charge in [0.2, 0.25) is 0 Å². The van der Waals surface area contributed by atoms with Crippen molar-refractivity contribution >= 4 is 0 Å². The highest BCUT2D eigenvalue weighted by Gasteiger charge is 2.07. The summed E-state index contributed by atoms with van der Waals surface area (Å²) in [6.45, 7) is 7.50. The van der Waals surface area contributed by atoms with Crippen molar-refractivity contribution in [1.29, 1.82) is 0 Å². The fourth-order valence-corrected chi connectivity index (χ4v) is 4.99. The molecule has 0 bridgehead atoms. The average molecular weight is 512 g/mol. The number of hydrogen-bond acceptors (Lipinski definition) is 3. The van der Waals surface area contributed by atoms with Crippen molar-refractivity contribution in [3.63, 3.8) is 0 Å². The summed E-state index contributed by atoms with van der Waals surface area (Å²) >= 11 is 0. The van der Waals surface area contributed by atoms with E-state index in [1.807, 2.05) is 0 Å². The van der Waals surface area contributed by atoms with Crippen LogP contribution in [0.15, 0.2) is 0 Å². The van der Waals surface area contributed by atoms with Crippen LogP contribution >= 0.6 is 0 Å². The van der Waals surface area contributed by atoms with Crippen molar-refractivity contribution in [3.8, 4) is 0 Å². The van der Waals surface area contributed by atoms with Gasteiger partial charge in [0.15, 0.2) is 0 Å². The fraction of sp³-hybridized carbons (Fsp3) is 1.00. The molecule has 0 heterocycles. The van der Waals surface area contributed by atoms with Gasteiger partial charge >= 0.3 is 0 Å². The molecule has 0 saturated carbocycles. The third kappa shape index (κ3) is 30.1. The molecule has 3 heteroatoms. The molecule has 0 rings (SSSR count). The van der Waals surface area contributed by atoms with Gasteiger partial charge in [-0.05, 0) is 12.8 Å². The second-order valence-corrected chi connectivity index (χ2v) is 11.3. The first kappa shape index (κ1) is 35.9. The SMILES string of the molecule is CCCCCCCCCCCCCCCCOC(CN)COCCCCCCCCCCCCCC. The highest BCUT2D eigenvalue weighted by molar-refractivity contribution is 4.58. The highest BCUT2D eigenvalue weighted by atomic mass is 16.5. The Morgan fingerprint density at radius 3 is 1.06 bits per heavy atom. The second-order valence-electron chi connectivity index (χ2n) is 11.3. The lowest BCUT2D eigenvalue weighted by Gasteiger charge is -2.16. The predicted octanol–water partition coefficient (Wildman–Crippen LogP) is 10.5. The number of nitrogens with two attached hydrogens (primary N) is 1. The molecule has 0 aliphatic carbocycles. The predicted molar refractivity (Wildman–Crippen MR) is 161 cm³/mol. The van der Waals surface area contributed by atoms with E-state index in [0.717, 1.165) is 19.6 Å². The van der Waals surface area contributed by atoms with E-state index in [1.165, 1.54) is 161 Å². The number of hydrogen-bond donors (Lipinski definition) is 1. The Hall–Kier alpha value is -0.120. The van der Waals surface area contributed by atoms with Crippen LogP contribution in [0.3, 0.4) is 0 Å². The maximum atomic E-state index is 5.96. The van der Waals surface area contributed by atoms with Crippen molar-refractivity contribution < 1.29 is 9.47 Å². The van der Waals surface area contributed by atoms with Gasteiger partial charge in [-0.2, -0.15) is 0 Å². The van der Waals surface area contributed by atoms with Gasteiger partial charge in [0.05, 0.1) is 12.7 Å². The van der Waals surface area contributed by atoms with Crippen LogP contribution in [0, 0.1) is 0 Å². The molecule has 218 valence electrons. The lowest BCUT2D eigenvalue weighted by atomic mass is 10.0. The van der Waals surface area contributed by atoms with Crippen LogP contribution in [0.5, 0.6) is 0 Å². The number of unbranched alkanes of at least 4 members (excludes halogenated alkanes) is 24. The molecule has 36 heavy (non-hydrogen) atoms. The smallest absolute Gasteiger partial charge is 0.0930 e. The summed E-state index contributed by atoms with van der Waals surface area (Å²) in [5.74, 6) is 0. The summed E-state index contributed by atoms with van der Waals surface area (Å²) in [6.07, 6.45) is 36.1. The standard InChI is InChI=1S/C33H69NO2/c1-3-5-7-9-11-13-15-17-18-20-22-24-26-28-30-36-33(31-34)32-35-29-27-25-23-21-19-16-14-12-10-8-6-4-2/h33H,3-32,34H2,1-2H3. The van der Waals surface area contributed by atoms with Crippen molar-refractivity contribution in [2.45, 2.75) is 187 Å². The Morgan fingerprint density at radius 1 is 0.417 bits per heavy atom. The summed E-state index contributed by atoms with van der Waals surface area (Å²) in [6, 6.07) is 0. The van der Waals surface area contributed by atoms with E-state index < -0.39 is 0 Å². The molecule has 0 saturated heterocycles. The Bertz CT molecular complexity index is 377. The molecule has 0 radical (unpaired) electrons. The van der Waals surface area contributed by atoms with E-state index in [9.17, 15) is 0 Å². The molecular formula is C33H69NO2. The van der Waals surface area contributed by atoms with Crippen LogP contribution in [0.1, 0.15) is 181 Å². The lowest BCUT2D eigenvalue weighted by molar-refractivity contribution is -0.0136. The van der Waals surface area contributed by atoms with Crippen LogP contribution in [-0.2, 0) is 9.47 Å². The number of ether oxygens (including phenoxy) is 2. The first-order valence-electron chi connectivity index (χ1n) is 16.7. The van der Waals surface area contributed by atoms with Gasteiger partial charge in [-0.3, -0.25) is 0 Å². The zero-order chi connectivity index (χ0) is 26.2. The van der Waals surface area contributed by atoms with E-state index in [0.29, 0.717) is 13.2 Å².